The van der Waals surface area contributed by atoms with Crippen LogP contribution in [0.5, 0.6) is 0 Å². The first-order valence-corrected chi connectivity index (χ1v) is 5.88. The number of benzene rings is 1. The first-order chi connectivity index (χ1) is 8.50. The standard InChI is InChI=1S/C13H19N3O2/c1-9(15-7-8-16-10(2)17)13(18)11-3-5-12(14)6-4-11/h3-6,9,15H,7-8,14H2,1-2H3,(H,16,17). The molecule has 0 aliphatic heterocycles. The molecule has 18 heavy (non-hydrogen) atoms. The molecule has 1 atom stereocenters. The van der Waals surface area contributed by atoms with E-state index < -0.39 is 0 Å². The molecule has 0 saturated carbocycles. The summed E-state index contributed by atoms with van der Waals surface area (Å²) in [4.78, 5) is 22.7. The Hall–Kier alpha value is -1.88. The van der Waals surface area contributed by atoms with Crippen molar-refractivity contribution in [3.05, 3.63) is 29.8 Å². The summed E-state index contributed by atoms with van der Waals surface area (Å²) in [5.74, 6) is -0.0628. The van der Waals surface area contributed by atoms with Crippen LogP contribution in [-0.2, 0) is 4.79 Å². The van der Waals surface area contributed by atoms with Gasteiger partial charge in [0.15, 0.2) is 5.78 Å². The summed E-state index contributed by atoms with van der Waals surface area (Å²) in [6.07, 6.45) is 0. The normalized spacial score (nSPS) is 11.9. The second-order valence-corrected chi connectivity index (χ2v) is 4.15. The minimum atomic E-state index is -0.289. The van der Waals surface area contributed by atoms with E-state index in [0.717, 1.165) is 0 Å². The summed E-state index contributed by atoms with van der Waals surface area (Å²) in [5, 5.41) is 5.71. The number of amides is 1. The van der Waals surface area contributed by atoms with Crippen molar-refractivity contribution in [2.45, 2.75) is 19.9 Å². The fourth-order valence-corrected chi connectivity index (χ4v) is 1.52. The Kier molecular flexibility index (Phi) is 5.32. The van der Waals surface area contributed by atoms with Crippen LogP contribution in [0.4, 0.5) is 5.69 Å². The van der Waals surface area contributed by atoms with Gasteiger partial charge in [-0.25, -0.2) is 0 Å². The van der Waals surface area contributed by atoms with Gasteiger partial charge in [-0.1, -0.05) is 0 Å². The van der Waals surface area contributed by atoms with Gasteiger partial charge in [0.05, 0.1) is 6.04 Å². The lowest BCUT2D eigenvalue weighted by Gasteiger charge is -2.13. The predicted octanol–water partition coefficient (Wildman–Crippen LogP) is 0.566. The average Bonchev–Trinajstić information content (AvgIpc) is 2.34. The summed E-state index contributed by atoms with van der Waals surface area (Å²) < 4.78 is 0. The van der Waals surface area contributed by atoms with Crippen LogP contribution in [0.1, 0.15) is 24.2 Å². The van der Waals surface area contributed by atoms with Crippen LogP contribution in [0.15, 0.2) is 24.3 Å². The lowest BCUT2D eigenvalue weighted by Crippen LogP contribution is -2.39. The van der Waals surface area contributed by atoms with Gasteiger partial charge < -0.3 is 16.4 Å². The van der Waals surface area contributed by atoms with Gasteiger partial charge in [-0.05, 0) is 31.2 Å². The Morgan fingerprint density at radius 2 is 1.83 bits per heavy atom. The maximum Gasteiger partial charge on any atom is 0.216 e. The van der Waals surface area contributed by atoms with Crippen LogP contribution in [0, 0.1) is 0 Å². The fourth-order valence-electron chi connectivity index (χ4n) is 1.52. The maximum absolute atomic E-state index is 12.0. The molecular weight excluding hydrogens is 230 g/mol. The number of hydrogen-bond donors (Lipinski definition) is 3. The van der Waals surface area contributed by atoms with E-state index in [1.165, 1.54) is 6.92 Å². The molecule has 0 aliphatic rings. The third-order valence-corrected chi connectivity index (χ3v) is 2.54. The Morgan fingerprint density at radius 1 is 1.22 bits per heavy atom. The Labute approximate surface area is 107 Å². The molecule has 4 N–H and O–H groups in total. The Balaban J connectivity index is 2.41. The zero-order valence-corrected chi connectivity index (χ0v) is 10.7. The molecule has 1 amide bonds. The molecule has 0 radical (unpaired) electrons. The van der Waals surface area contributed by atoms with Crippen molar-refractivity contribution in [3.8, 4) is 0 Å². The number of nitrogen functional groups attached to an aromatic ring is 1. The third kappa shape index (κ3) is 4.55. The molecule has 1 unspecified atom stereocenters. The van der Waals surface area contributed by atoms with Crippen molar-refractivity contribution in [1.82, 2.24) is 10.6 Å². The van der Waals surface area contributed by atoms with E-state index in [0.29, 0.717) is 24.3 Å². The van der Waals surface area contributed by atoms with E-state index in [2.05, 4.69) is 10.6 Å². The fraction of sp³-hybridized carbons (Fsp3) is 0.385. The molecular formula is C13H19N3O2. The number of nitrogens with one attached hydrogen (secondary N) is 2. The quantitative estimate of drug-likeness (QED) is 0.391. The van der Waals surface area contributed by atoms with E-state index in [9.17, 15) is 9.59 Å². The van der Waals surface area contributed by atoms with Crippen LogP contribution in [0.2, 0.25) is 0 Å². The molecule has 0 bridgehead atoms. The van der Waals surface area contributed by atoms with E-state index in [-0.39, 0.29) is 17.7 Å². The monoisotopic (exact) mass is 249 g/mol. The highest BCUT2D eigenvalue weighted by Crippen LogP contribution is 2.07. The highest BCUT2D eigenvalue weighted by Gasteiger charge is 2.13. The van der Waals surface area contributed by atoms with Crippen molar-refractivity contribution in [1.29, 1.82) is 0 Å². The van der Waals surface area contributed by atoms with Gasteiger partial charge in [-0.15, -0.1) is 0 Å². The third-order valence-electron chi connectivity index (χ3n) is 2.54. The van der Waals surface area contributed by atoms with Crippen molar-refractivity contribution in [2.75, 3.05) is 18.8 Å². The number of rotatable bonds is 6. The zero-order chi connectivity index (χ0) is 13.5. The number of anilines is 1. The van der Waals surface area contributed by atoms with Gasteiger partial charge in [-0.3, -0.25) is 9.59 Å². The van der Waals surface area contributed by atoms with Crippen LogP contribution in [0.3, 0.4) is 0 Å². The summed E-state index contributed by atoms with van der Waals surface area (Å²) in [5.41, 5.74) is 6.83. The van der Waals surface area contributed by atoms with Crippen LogP contribution < -0.4 is 16.4 Å². The number of carbonyl (C=O) groups is 2. The lowest BCUT2D eigenvalue weighted by atomic mass is 10.1. The van der Waals surface area contributed by atoms with Crippen LogP contribution >= 0.6 is 0 Å². The number of carbonyl (C=O) groups excluding carboxylic acids is 2. The summed E-state index contributed by atoms with van der Waals surface area (Å²) in [6, 6.07) is 6.55. The van der Waals surface area contributed by atoms with Gasteiger partial charge in [0.1, 0.15) is 0 Å². The second kappa shape index (κ2) is 6.76. The minimum absolute atomic E-state index is 0.0119. The number of nitrogens with two attached hydrogens (primary N) is 1. The number of hydrogen-bond acceptors (Lipinski definition) is 4. The van der Waals surface area contributed by atoms with E-state index in [4.69, 9.17) is 5.73 Å². The van der Waals surface area contributed by atoms with E-state index in [1.807, 2.05) is 0 Å². The van der Waals surface area contributed by atoms with E-state index in [1.54, 1.807) is 31.2 Å². The van der Waals surface area contributed by atoms with Crippen molar-refractivity contribution < 1.29 is 9.59 Å². The molecule has 5 heteroatoms. The average molecular weight is 249 g/mol. The molecule has 0 aliphatic carbocycles. The van der Waals surface area contributed by atoms with Gasteiger partial charge >= 0.3 is 0 Å². The Morgan fingerprint density at radius 3 is 2.39 bits per heavy atom. The second-order valence-electron chi connectivity index (χ2n) is 4.15. The highest BCUT2D eigenvalue weighted by molar-refractivity contribution is 6.00. The van der Waals surface area contributed by atoms with Crippen LogP contribution in [-0.4, -0.2) is 30.8 Å². The lowest BCUT2D eigenvalue weighted by molar-refractivity contribution is -0.118. The van der Waals surface area contributed by atoms with Crippen molar-refractivity contribution >= 4 is 17.4 Å². The molecule has 98 valence electrons. The number of ketones is 1. The molecule has 1 aromatic rings. The first-order valence-electron chi connectivity index (χ1n) is 5.88. The van der Waals surface area contributed by atoms with Gasteiger partial charge in [-0.2, -0.15) is 0 Å². The SMILES string of the molecule is CC(=O)NCCNC(C)C(=O)c1ccc(N)cc1. The molecule has 0 fully saturated rings. The molecule has 5 nitrogen and oxygen atoms in total. The smallest absolute Gasteiger partial charge is 0.216 e. The molecule has 0 spiro atoms. The van der Waals surface area contributed by atoms with Crippen molar-refractivity contribution in [3.63, 3.8) is 0 Å². The highest BCUT2D eigenvalue weighted by atomic mass is 16.1. The maximum atomic E-state index is 12.0. The molecule has 0 aromatic heterocycles. The van der Waals surface area contributed by atoms with E-state index >= 15 is 0 Å². The number of Topliss-reactive ketones (excluding diaryl/α,β-unsaturated/α-hetero) is 1. The molecule has 0 saturated heterocycles. The Bertz CT molecular complexity index is 415. The summed E-state index contributed by atoms with van der Waals surface area (Å²) >= 11 is 0. The first kappa shape index (κ1) is 14.2. The zero-order valence-electron chi connectivity index (χ0n) is 10.7. The predicted molar refractivity (Wildman–Crippen MR) is 71.3 cm³/mol. The molecule has 1 aromatic carbocycles. The molecule has 1 rings (SSSR count). The van der Waals surface area contributed by atoms with Gasteiger partial charge in [0.25, 0.3) is 0 Å². The van der Waals surface area contributed by atoms with Gasteiger partial charge in [0, 0.05) is 31.3 Å². The largest absolute Gasteiger partial charge is 0.399 e. The molecule has 0 heterocycles. The topological polar surface area (TPSA) is 84.2 Å². The van der Waals surface area contributed by atoms with Crippen molar-refractivity contribution in [2.24, 2.45) is 0 Å². The summed E-state index contributed by atoms with van der Waals surface area (Å²) in [6.45, 7) is 4.32. The van der Waals surface area contributed by atoms with Gasteiger partial charge in [0.2, 0.25) is 5.91 Å². The minimum Gasteiger partial charge on any atom is -0.399 e. The van der Waals surface area contributed by atoms with Crippen LogP contribution in [0.25, 0.3) is 0 Å². The summed E-state index contributed by atoms with van der Waals surface area (Å²) in [7, 11) is 0.